The molecule has 5 nitrogen and oxygen atoms in total. The van der Waals surface area contributed by atoms with Crippen LogP contribution in [-0.4, -0.2) is 16.6 Å². The van der Waals surface area contributed by atoms with Crippen molar-refractivity contribution >= 4 is 16.8 Å². The van der Waals surface area contributed by atoms with E-state index >= 15 is 0 Å². The molecule has 0 bridgehead atoms. The molecule has 140 valence electrons. The Kier molecular flexibility index (Phi) is 5.23. The molecule has 1 amide bonds. The van der Waals surface area contributed by atoms with Gasteiger partial charge in [0.1, 0.15) is 0 Å². The van der Waals surface area contributed by atoms with Gasteiger partial charge >= 0.3 is 0 Å². The van der Waals surface area contributed by atoms with Crippen LogP contribution in [0.5, 0.6) is 0 Å². The van der Waals surface area contributed by atoms with Crippen LogP contribution in [0.4, 0.5) is 0 Å². The van der Waals surface area contributed by atoms with E-state index in [9.17, 15) is 4.79 Å². The number of rotatable bonds is 6. The monoisotopic (exact) mass is 362 g/mol. The Morgan fingerprint density at radius 1 is 1.11 bits per heavy atom. The standard InChI is InChI=1S/C22H26N4O/c1-2-26-19-11-7-6-10-17(19)14-20(26)18-15-21(25-24-18)23-22(27)13-12-16-8-4-3-5-9-16/h3-11,14,18,21,24-25H,2,12-13,15H2,1H3,(H,23,27). The first-order valence-electron chi connectivity index (χ1n) is 9.67. The summed E-state index contributed by atoms with van der Waals surface area (Å²) >= 11 is 0. The van der Waals surface area contributed by atoms with E-state index in [0.717, 1.165) is 19.4 Å². The summed E-state index contributed by atoms with van der Waals surface area (Å²) in [6.07, 6.45) is 2.04. The predicted molar refractivity (Wildman–Crippen MR) is 108 cm³/mol. The predicted octanol–water partition coefficient (Wildman–Crippen LogP) is 3.28. The third-order valence-electron chi connectivity index (χ3n) is 5.24. The van der Waals surface area contributed by atoms with E-state index in [1.54, 1.807) is 0 Å². The Bertz CT molecular complexity index is 918. The summed E-state index contributed by atoms with van der Waals surface area (Å²) in [5.74, 6) is 0.0786. The number of aryl methyl sites for hydroxylation is 2. The Hall–Kier alpha value is -2.63. The van der Waals surface area contributed by atoms with E-state index in [2.05, 4.69) is 70.1 Å². The second kappa shape index (κ2) is 7.94. The number of aromatic nitrogens is 1. The van der Waals surface area contributed by atoms with Crippen LogP contribution in [-0.2, 0) is 17.8 Å². The number of hydrogen-bond acceptors (Lipinski definition) is 3. The van der Waals surface area contributed by atoms with Crippen LogP contribution < -0.4 is 16.2 Å². The minimum absolute atomic E-state index is 0.0541. The van der Waals surface area contributed by atoms with E-state index < -0.39 is 0 Å². The molecule has 3 aromatic rings. The van der Waals surface area contributed by atoms with Gasteiger partial charge in [-0.15, -0.1) is 0 Å². The molecule has 2 heterocycles. The quantitative estimate of drug-likeness (QED) is 0.631. The van der Waals surface area contributed by atoms with Gasteiger partial charge in [-0.1, -0.05) is 48.5 Å². The lowest BCUT2D eigenvalue weighted by atomic mass is 10.1. The van der Waals surface area contributed by atoms with Crippen molar-refractivity contribution in [2.24, 2.45) is 0 Å². The fraction of sp³-hybridized carbons (Fsp3) is 0.318. The molecule has 1 saturated heterocycles. The van der Waals surface area contributed by atoms with Crippen molar-refractivity contribution in [3.63, 3.8) is 0 Å². The van der Waals surface area contributed by atoms with Crippen molar-refractivity contribution in [1.29, 1.82) is 0 Å². The topological polar surface area (TPSA) is 58.1 Å². The second-order valence-electron chi connectivity index (χ2n) is 7.05. The number of amides is 1. The fourth-order valence-electron chi connectivity index (χ4n) is 3.89. The first-order valence-corrected chi connectivity index (χ1v) is 9.67. The molecule has 0 aliphatic carbocycles. The van der Waals surface area contributed by atoms with Crippen molar-refractivity contribution in [2.75, 3.05) is 0 Å². The summed E-state index contributed by atoms with van der Waals surface area (Å²) in [6, 6.07) is 21.0. The maximum Gasteiger partial charge on any atom is 0.221 e. The number of carbonyl (C=O) groups excluding carboxylic acids is 1. The lowest BCUT2D eigenvalue weighted by Gasteiger charge is -2.14. The summed E-state index contributed by atoms with van der Waals surface area (Å²) in [7, 11) is 0. The Morgan fingerprint density at radius 2 is 1.89 bits per heavy atom. The zero-order valence-corrected chi connectivity index (χ0v) is 15.6. The van der Waals surface area contributed by atoms with Gasteiger partial charge in [0.25, 0.3) is 0 Å². The molecule has 2 aromatic carbocycles. The molecular weight excluding hydrogens is 336 g/mol. The second-order valence-corrected chi connectivity index (χ2v) is 7.05. The highest BCUT2D eigenvalue weighted by atomic mass is 16.1. The molecule has 27 heavy (non-hydrogen) atoms. The number of nitrogens with zero attached hydrogens (tertiary/aromatic N) is 1. The van der Waals surface area contributed by atoms with Gasteiger partial charge in [0.2, 0.25) is 5.91 Å². The van der Waals surface area contributed by atoms with Crippen LogP contribution in [0.15, 0.2) is 60.7 Å². The van der Waals surface area contributed by atoms with E-state index in [-0.39, 0.29) is 18.1 Å². The van der Waals surface area contributed by atoms with Gasteiger partial charge in [-0.3, -0.25) is 4.79 Å². The smallest absolute Gasteiger partial charge is 0.221 e. The van der Waals surface area contributed by atoms with Gasteiger partial charge in [-0.05, 0) is 36.4 Å². The SMILES string of the molecule is CCn1c(C2CC(NC(=O)CCc3ccccc3)NN2)cc2ccccc21. The normalized spacial score (nSPS) is 19.4. The largest absolute Gasteiger partial charge is 0.343 e. The maximum absolute atomic E-state index is 12.3. The highest BCUT2D eigenvalue weighted by Crippen LogP contribution is 2.28. The molecule has 2 atom stereocenters. The van der Waals surface area contributed by atoms with Crippen LogP contribution in [0.1, 0.15) is 37.1 Å². The minimum Gasteiger partial charge on any atom is -0.343 e. The lowest BCUT2D eigenvalue weighted by molar-refractivity contribution is -0.121. The van der Waals surface area contributed by atoms with Crippen molar-refractivity contribution in [3.8, 4) is 0 Å². The average Bonchev–Trinajstić information content (AvgIpc) is 3.31. The zero-order valence-electron chi connectivity index (χ0n) is 15.6. The third-order valence-corrected chi connectivity index (χ3v) is 5.24. The number of hydrazine groups is 1. The summed E-state index contributed by atoms with van der Waals surface area (Å²) in [6.45, 7) is 3.09. The molecule has 1 aliphatic heterocycles. The molecule has 0 spiro atoms. The van der Waals surface area contributed by atoms with E-state index in [4.69, 9.17) is 0 Å². The van der Waals surface area contributed by atoms with Crippen LogP contribution >= 0.6 is 0 Å². The Balaban J connectivity index is 1.37. The molecule has 5 heteroatoms. The van der Waals surface area contributed by atoms with Crippen LogP contribution in [0, 0.1) is 0 Å². The molecular formula is C22H26N4O. The maximum atomic E-state index is 12.3. The number of carbonyl (C=O) groups is 1. The Morgan fingerprint density at radius 3 is 2.70 bits per heavy atom. The summed E-state index contributed by atoms with van der Waals surface area (Å²) in [5, 5.41) is 4.35. The number of para-hydroxylation sites is 1. The number of hydrogen-bond donors (Lipinski definition) is 3. The van der Waals surface area contributed by atoms with Crippen LogP contribution in [0.25, 0.3) is 10.9 Å². The van der Waals surface area contributed by atoms with Crippen molar-refractivity contribution < 1.29 is 4.79 Å². The number of benzene rings is 2. The average molecular weight is 362 g/mol. The highest BCUT2D eigenvalue weighted by Gasteiger charge is 2.28. The Labute approximate surface area is 159 Å². The highest BCUT2D eigenvalue weighted by molar-refractivity contribution is 5.81. The molecule has 1 fully saturated rings. The van der Waals surface area contributed by atoms with Gasteiger partial charge in [-0.25, -0.2) is 10.9 Å². The van der Waals surface area contributed by atoms with E-state index in [0.29, 0.717) is 6.42 Å². The molecule has 1 aromatic heterocycles. The third kappa shape index (κ3) is 3.89. The van der Waals surface area contributed by atoms with Crippen LogP contribution in [0.3, 0.4) is 0 Å². The summed E-state index contributed by atoms with van der Waals surface area (Å²) < 4.78 is 2.34. The lowest BCUT2D eigenvalue weighted by Crippen LogP contribution is -2.44. The fourth-order valence-corrected chi connectivity index (χ4v) is 3.89. The van der Waals surface area contributed by atoms with Gasteiger partial charge in [0.15, 0.2) is 0 Å². The zero-order chi connectivity index (χ0) is 18.6. The minimum atomic E-state index is -0.0541. The van der Waals surface area contributed by atoms with Crippen molar-refractivity contribution in [2.45, 2.75) is 44.9 Å². The van der Waals surface area contributed by atoms with Crippen LogP contribution in [0.2, 0.25) is 0 Å². The molecule has 2 unspecified atom stereocenters. The van der Waals surface area contributed by atoms with Gasteiger partial charge in [-0.2, -0.15) is 0 Å². The molecule has 0 radical (unpaired) electrons. The molecule has 4 rings (SSSR count). The van der Waals surface area contributed by atoms with Gasteiger partial charge in [0.05, 0.1) is 12.2 Å². The molecule has 0 saturated carbocycles. The molecule has 3 N–H and O–H groups in total. The molecule has 1 aliphatic rings. The van der Waals surface area contributed by atoms with Crippen molar-refractivity contribution in [3.05, 3.63) is 71.9 Å². The van der Waals surface area contributed by atoms with Crippen molar-refractivity contribution in [1.82, 2.24) is 20.7 Å². The first-order chi connectivity index (χ1) is 13.2. The van der Waals surface area contributed by atoms with Gasteiger partial charge < -0.3 is 9.88 Å². The summed E-state index contributed by atoms with van der Waals surface area (Å²) in [5.41, 5.74) is 10.3. The summed E-state index contributed by atoms with van der Waals surface area (Å²) in [4.78, 5) is 12.3. The number of nitrogens with one attached hydrogen (secondary N) is 3. The van der Waals surface area contributed by atoms with Gasteiger partial charge in [0, 0.05) is 30.6 Å². The van der Waals surface area contributed by atoms with E-state index in [1.165, 1.54) is 22.2 Å². The van der Waals surface area contributed by atoms with E-state index in [1.807, 2.05) is 18.2 Å². The first kappa shape index (κ1) is 17.8. The number of fused-ring (bicyclic) bond motifs is 1.